The fourth-order valence-corrected chi connectivity index (χ4v) is 3.41. The summed E-state index contributed by atoms with van der Waals surface area (Å²) in [6.07, 6.45) is 0.121. The first-order chi connectivity index (χ1) is 13.0. The van der Waals surface area contributed by atoms with E-state index >= 15 is 0 Å². The Balaban J connectivity index is 0.00000280. The van der Waals surface area contributed by atoms with Crippen LogP contribution in [0, 0.1) is 5.82 Å². The summed E-state index contributed by atoms with van der Waals surface area (Å²) >= 11 is 0. The zero-order chi connectivity index (χ0) is 19.4. The Morgan fingerprint density at radius 2 is 2.04 bits per heavy atom. The minimum absolute atomic E-state index is 0. The molecule has 7 heteroatoms. The van der Waals surface area contributed by atoms with Crippen molar-refractivity contribution in [3.8, 4) is 5.75 Å². The topological polar surface area (TPSA) is 58.6 Å². The molecule has 5 nitrogen and oxygen atoms in total. The highest BCUT2D eigenvalue weighted by Crippen LogP contribution is 2.26. The fraction of sp³-hybridized carbons (Fsp3) is 0.333. The van der Waals surface area contributed by atoms with Gasteiger partial charge in [-0.1, -0.05) is 12.1 Å². The van der Waals surface area contributed by atoms with Crippen molar-refractivity contribution >= 4 is 24.1 Å². The Morgan fingerprint density at radius 1 is 1.25 bits per heavy atom. The SMILES string of the molecule is COc1ccc(C(C)=O)cc1CC(=O)N1CCNCC1c1cccc(F)c1.Cl. The number of nitrogens with zero attached hydrogens (tertiary/aromatic N) is 1. The molecule has 2 aromatic carbocycles. The first-order valence-electron chi connectivity index (χ1n) is 8.93. The van der Waals surface area contributed by atoms with E-state index in [2.05, 4.69) is 5.32 Å². The largest absolute Gasteiger partial charge is 0.496 e. The Bertz CT molecular complexity index is 859. The van der Waals surface area contributed by atoms with Crippen LogP contribution in [0.5, 0.6) is 5.75 Å². The molecule has 0 aromatic heterocycles. The maximum absolute atomic E-state index is 13.6. The maximum Gasteiger partial charge on any atom is 0.227 e. The van der Waals surface area contributed by atoms with Gasteiger partial charge in [0.15, 0.2) is 5.78 Å². The van der Waals surface area contributed by atoms with Gasteiger partial charge in [-0.25, -0.2) is 4.39 Å². The van der Waals surface area contributed by atoms with Crippen molar-refractivity contribution in [2.45, 2.75) is 19.4 Å². The van der Waals surface area contributed by atoms with Crippen LogP contribution in [0.25, 0.3) is 0 Å². The minimum Gasteiger partial charge on any atom is -0.496 e. The van der Waals surface area contributed by atoms with E-state index in [1.807, 2.05) is 6.07 Å². The molecule has 1 amide bonds. The van der Waals surface area contributed by atoms with E-state index in [4.69, 9.17) is 4.74 Å². The quantitative estimate of drug-likeness (QED) is 0.775. The number of carbonyl (C=O) groups excluding carboxylic acids is 2. The van der Waals surface area contributed by atoms with E-state index in [-0.39, 0.29) is 42.4 Å². The van der Waals surface area contributed by atoms with Crippen LogP contribution < -0.4 is 10.1 Å². The Labute approximate surface area is 170 Å². The van der Waals surface area contributed by atoms with Gasteiger partial charge in [-0.2, -0.15) is 0 Å². The molecular weight excluding hydrogens is 383 g/mol. The summed E-state index contributed by atoms with van der Waals surface area (Å²) in [6, 6.07) is 11.2. The summed E-state index contributed by atoms with van der Waals surface area (Å²) in [4.78, 5) is 26.5. The van der Waals surface area contributed by atoms with Crippen molar-refractivity contribution in [3.05, 3.63) is 65.0 Å². The van der Waals surface area contributed by atoms with Gasteiger partial charge in [0.2, 0.25) is 5.91 Å². The molecule has 1 saturated heterocycles. The van der Waals surface area contributed by atoms with Crippen molar-refractivity contribution in [1.82, 2.24) is 10.2 Å². The lowest BCUT2D eigenvalue weighted by molar-refractivity contribution is -0.133. The summed E-state index contributed by atoms with van der Waals surface area (Å²) in [5.41, 5.74) is 1.98. The van der Waals surface area contributed by atoms with Crippen LogP contribution >= 0.6 is 12.4 Å². The van der Waals surface area contributed by atoms with Gasteiger partial charge in [-0.3, -0.25) is 9.59 Å². The number of Topliss-reactive ketones (excluding diaryl/α,β-unsaturated/α-hetero) is 1. The summed E-state index contributed by atoms with van der Waals surface area (Å²) in [7, 11) is 1.54. The molecule has 1 atom stereocenters. The summed E-state index contributed by atoms with van der Waals surface area (Å²) < 4.78 is 19.0. The highest BCUT2D eigenvalue weighted by molar-refractivity contribution is 5.94. The van der Waals surface area contributed by atoms with E-state index in [0.717, 1.165) is 5.56 Å². The third kappa shape index (κ3) is 4.88. The Morgan fingerprint density at radius 3 is 2.71 bits per heavy atom. The summed E-state index contributed by atoms with van der Waals surface area (Å²) in [5.74, 6) is 0.114. The first kappa shape index (κ1) is 21.9. The molecule has 150 valence electrons. The minimum atomic E-state index is -0.318. The van der Waals surface area contributed by atoms with Crippen molar-refractivity contribution in [2.24, 2.45) is 0 Å². The predicted octanol–water partition coefficient (Wildman–Crippen LogP) is 3.17. The zero-order valence-electron chi connectivity index (χ0n) is 15.9. The molecule has 0 radical (unpaired) electrons. The highest BCUT2D eigenvalue weighted by Gasteiger charge is 2.28. The lowest BCUT2D eigenvalue weighted by atomic mass is 10.0. The number of methoxy groups -OCH3 is 1. The Kier molecular flexibility index (Phi) is 7.54. The van der Waals surface area contributed by atoms with Gasteiger partial charge >= 0.3 is 0 Å². The molecular formula is C21H24ClFN2O3. The highest BCUT2D eigenvalue weighted by atomic mass is 35.5. The van der Waals surface area contributed by atoms with E-state index in [1.54, 1.807) is 29.2 Å². The number of nitrogens with one attached hydrogen (secondary N) is 1. The second kappa shape index (κ2) is 9.66. The average molecular weight is 407 g/mol. The zero-order valence-corrected chi connectivity index (χ0v) is 16.7. The fourth-order valence-electron chi connectivity index (χ4n) is 3.41. The molecule has 1 N–H and O–H groups in total. The summed E-state index contributed by atoms with van der Waals surface area (Å²) in [5, 5.41) is 3.26. The number of ether oxygens (including phenoxy) is 1. The third-order valence-corrected chi connectivity index (χ3v) is 4.83. The molecule has 1 aliphatic rings. The van der Waals surface area contributed by atoms with E-state index in [9.17, 15) is 14.0 Å². The molecule has 1 heterocycles. The van der Waals surface area contributed by atoms with Gasteiger partial charge in [0.1, 0.15) is 11.6 Å². The molecule has 0 bridgehead atoms. The van der Waals surface area contributed by atoms with Crippen LogP contribution in [0.3, 0.4) is 0 Å². The van der Waals surface area contributed by atoms with E-state index < -0.39 is 0 Å². The van der Waals surface area contributed by atoms with Crippen molar-refractivity contribution < 1.29 is 18.7 Å². The van der Waals surface area contributed by atoms with Crippen LogP contribution in [0.2, 0.25) is 0 Å². The molecule has 3 rings (SSSR count). The molecule has 28 heavy (non-hydrogen) atoms. The van der Waals surface area contributed by atoms with Gasteiger partial charge in [0, 0.05) is 30.8 Å². The molecule has 1 aliphatic heterocycles. The molecule has 2 aromatic rings. The van der Waals surface area contributed by atoms with Crippen LogP contribution in [-0.2, 0) is 11.2 Å². The van der Waals surface area contributed by atoms with Crippen LogP contribution in [0.1, 0.15) is 34.5 Å². The second-order valence-corrected chi connectivity index (χ2v) is 6.62. The van der Waals surface area contributed by atoms with E-state index in [0.29, 0.717) is 36.5 Å². The lowest BCUT2D eigenvalue weighted by Gasteiger charge is -2.36. The smallest absolute Gasteiger partial charge is 0.227 e. The molecule has 1 fully saturated rings. The number of ketones is 1. The number of hydrogen-bond donors (Lipinski definition) is 1. The molecule has 0 aliphatic carbocycles. The lowest BCUT2D eigenvalue weighted by Crippen LogP contribution is -2.49. The second-order valence-electron chi connectivity index (χ2n) is 6.62. The van der Waals surface area contributed by atoms with Gasteiger partial charge in [-0.15, -0.1) is 12.4 Å². The van der Waals surface area contributed by atoms with Gasteiger partial charge in [0.05, 0.1) is 19.6 Å². The molecule has 0 saturated carbocycles. The number of halogens is 2. The summed E-state index contributed by atoms with van der Waals surface area (Å²) in [6.45, 7) is 3.28. The van der Waals surface area contributed by atoms with Gasteiger partial charge < -0.3 is 15.0 Å². The number of hydrogen-bond acceptors (Lipinski definition) is 4. The van der Waals surface area contributed by atoms with Crippen molar-refractivity contribution in [1.29, 1.82) is 0 Å². The Hall–Kier alpha value is -2.44. The number of piperazine rings is 1. The van der Waals surface area contributed by atoms with Gasteiger partial charge in [0.25, 0.3) is 0 Å². The van der Waals surface area contributed by atoms with Crippen LogP contribution in [0.15, 0.2) is 42.5 Å². The standard InChI is InChI=1S/C21H23FN2O3.ClH/c1-14(25)15-6-7-20(27-2)17(10-15)12-21(26)24-9-8-23-13-19(24)16-4-3-5-18(22)11-16;/h3-7,10-11,19,23H,8-9,12-13H2,1-2H3;1H. The number of carbonyl (C=O) groups is 2. The van der Waals surface area contributed by atoms with Crippen LogP contribution in [-0.4, -0.2) is 43.3 Å². The van der Waals surface area contributed by atoms with Crippen molar-refractivity contribution in [3.63, 3.8) is 0 Å². The van der Waals surface area contributed by atoms with Gasteiger partial charge in [-0.05, 0) is 42.8 Å². The van der Waals surface area contributed by atoms with Crippen LogP contribution in [0.4, 0.5) is 4.39 Å². The van der Waals surface area contributed by atoms with E-state index in [1.165, 1.54) is 26.2 Å². The third-order valence-electron chi connectivity index (χ3n) is 4.83. The molecule has 1 unspecified atom stereocenters. The normalized spacial score (nSPS) is 16.2. The first-order valence-corrected chi connectivity index (χ1v) is 8.93. The number of amides is 1. The maximum atomic E-state index is 13.6. The average Bonchev–Trinajstić information content (AvgIpc) is 2.67. The van der Waals surface area contributed by atoms with Crippen molar-refractivity contribution in [2.75, 3.05) is 26.7 Å². The number of benzene rings is 2. The molecule has 0 spiro atoms. The number of rotatable bonds is 5. The monoisotopic (exact) mass is 406 g/mol. The predicted molar refractivity (Wildman–Crippen MR) is 108 cm³/mol.